The van der Waals surface area contributed by atoms with E-state index in [9.17, 15) is 4.79 Å². The molecule has 2 aliphatic heterocycles. The second kappa shape index (κ2) is 4.79. The van der Waals surface area contributed by atoms with Gasteiger partial charge in [0.1, 0.15) is 5.75 Å². The van der Waals surface area contributed by atoms with Crippen LogP contribution in [0.15, 0.2) is 47.9 Å². The van der Waals surface area contributed by atoms with Gasteiger partial charge in [-0.15, -0.1) is 23.1 Å². The zero-order valence-electron chi connectivity index (χ0n) is 10.6. The van der Waals surface area contributed by atoms with E-state index in [0.717, 1.165) is 11.3 Å². The molecule has 0 fully saturated rings. The van der Waals surface area contributed by atoms with Crippen molar-refractivity contribution in [3.8, 4) is 5.75 Å². The largest absolute Gasteiger partial charge is 0.426 e. The fourth-order valence-electron chi connectivity index (χ4n) is 2.74. The van der Waals surface area contributed by atoms with Crippen LogP contribution in [0.4, 0.5) is 0 Å². The molecule has 0 N–H and O–H groups in total. The molecule has 2 aromatic rings. The van der Waals surface area contributed by atoms with Crippen molar-refractivity contribution in [2.45, 2.75) is 5.92 Å². The summed E-state index contributed by atoms with van der Waals surface area (Å²) >= 11 is 3.50. The Kier molecular flexibility index (Phi) is 2.93. The van der Waals surface area contributed by atoms with Crippen LogP contribution in [0.1, 0.15) is 16.4 Å². The minimum Gasteiger partial charge on any atom is -0.426 e. The van der Waals surface area contributed by atoms with Crippen molar-refractivity contribution in [1.29, 1.82) is 0 Å². The summed E-state index contributed by atoms with van der Waals surface area (Å²) in [5, 5.41) is 2.09. The minimum absolute atomic E-state index is 0.0568. The van der Waals surface area contributed by atoms with Crippen molar-refractivity contribution in [2.75, 3.05) is 5.75 Å². The molecule has 1 aromatic carbocycles. The lowest BCUT2D eigenvalue weighted by Gasteiger charge is -2.33. The van der Waals surface area contributed by atoms with Gasteiger partial charge in [0.15, 0.2) is 0 Å². The number of carbonyl (C=O) groups is 1. The molecule has 2 nitrogen and oxygen atoms in total. The molecule has 0 spiro atoms. The van der Waals surface area contributed by atoms with Crippen molar-refractivity contribution in [3.63, 3.8) is 0 Å². The third-order valence-electron chi connectivity index (χ3n) is 3.74. The van der Waals surface area contributed by atoms with Crippen molar-refractivity contribution in [1.82, 2.24) is 0 Å². The van der Waals surface area contributed by atoms with Crippen molar-refractivity contribution >= 4 is 34.0 Å². The number of thioether (sulfide) groups is 1. The highest BCUT2D eigenvalue weighted by Gasteiger charge is 2.39. The van der Waals surface area contributed by atoms with Crippen LogP contribution in [0.25, 0.3) is 4.91 Å². The van der Waals surface area contributed by atoms with E-state index in [4.69, 9.17) is 4.74 Å². The van der Waals surface area contributed by atoms with E-state index >= 15 is 0 Å². The normalized spacial score (nSPS) is 24.4. The summed E-state index contributed by atoms with van der Waals surface area (Å²) in [5.74, 6) is 1.50. The van der Waals surface area contributed by atoms with Crippen LogP contribution in [-0.2, 0) is 4.79 Å². The van der Waals surface area contributed by atoms with Crippen molar-refractivity contribution in [2.24, 2.45) is 5.92 Å². The van der Waals surface area contributed by atoms with Gasteiger partial charge in [0.2, 0.25) is 0 Å². The molecule has 0 aliphatic carbocycles. The molecule has 0 unspecified atom stereocenters. The molecule has 20 heavy (non-hydrogen) atoms. The number of para-hydroxylation sites is 1. The quantitative estimate of drug-likeness (QED) is 0.584. The fraction of sp³-hybridized carbons (Fsp3) is 0.188. The molecule has 100 valence electrons. The zero-order chi connectivity index (χ0) is 13.5. The van der Waals surface area contributed by atoms with Gasteiger partial charge >= 0.3 is 5.97 Å². The number of benzene rings is 1. The molecule has 4 heteroatoms. The molecule has 0 bridgehead atoms. The molecular weight excluding hydrogens is 288 g/mol. The molecule has 0 saturated carbocycles. The van der Waals surface area contributed by atoms with E-state index in [2.05, 4.69) is 29.7 Å². The summed E-state index contributed by atoms with van der Waals surface area (Å²) in [4.78, 5) is 14.7. The summed E-state index contributed by atoms with van der Waals surface area (Å²) in [6, 6.07) is 12.1. The van der Waals surface area contributed by atoms with E-state index in [0.29, 0.717) is 5.75 Å². The van der Waals surface area contributed by atoms with Gasteiger partial charge in [0, 0.05) is 27.0 Å². The number of allylic oxidation sites excluding steroid dienone is 1. The summed E-state index contributed by atoms with van der Waals surface area (Å²) in [6.45, 7) is 0. The molecule has 3 heterocycles. The summed E-state index contributed by atoms with van der Waals surface area (Å²) in [5.41, 5.74) is 1.13. The summed E-state index contributed by atoms with van der Waals surface area (Å²) in [7, 11) is 0. The van der Waals surface area contributed by atoms with E-state index < -0.39 is 0 Å². The molecule has 0 saturated heterocycles. The van der Waals surface area contributed by atoms with Gasteiger partial charge in [-0.3, -0.25) is 4.79 Å². The van der Waals surface area contributed by atoms with Gasteiger partial charge in [0.05, 0.1) is 5.92 Å². The highest BCUT2D eigenvalue weighted by molar-refractivity contribution is 8.08. The number of rotatable bonds is 1. The lowest BCUT2D eigenvalue weighted by Crippen LogP contribution is -2.34. The lowest BCUT2D eigenvalue weighted by atomic mass is 9.84. The Morgan fingerprint density at radius 1 is 1.15 bits per heavy atom. The van der Waals surface area contributed by atoms with Crippen LogP contribution in [0.2, 0.25) is 0 Å². The number of carbonyl (C=O) groups excluding carboxylic acids is 1. The Labute approximate surface area is 125 Å². The van der Waals surface area contributed by atoms with Crippen LogP contribution in [0.5, 0.6) is 5.75 Å². The highest BCUT2D eigenvalue weighted by atomic mass is 32.2. The first-order valence-electron chi connectivity index (χ1n) is 6.52. The standard InChI is InChI=1S/C16H12O2S2/c17-16-12-9-20-15(14-6-3-7-19-14)8-11(12)10-4-1-2-5-13(10)18-16/h1-8,11-12H,9H2/t11-,12-/m0/s1. The van der Waals surface area contributed by atoms with Crippen LogP contribution in [-0.4, -0.2) is 11.7 Å². The summed E-state index contributed by atoms with van der Waals surface area (Å²) in [6.07, 6.45) is 2.24. The topological polar surface area (TPSA) is 26.3 Å². The second-order valence-corrected chi connectivity index (χ2v) is 6.92. The number of ether oxygens (including phenoxy) is 1. The lowest BCUT2D eigenvalue weighted by molar-refractivity contribution is -0.139. The van der Waals surface area contributed by atoms with Gasteiger partial charge in [-0.1, -0.05) is 30.3 Å². The number of hydrogen-bond donors (Lipinski definition) is 0. The Bertz CT molecular complexity index is 688. The van der Waals surface area contributed by atoms with Crippen LogP contribution < -0.4 is 4.74 Å². The van der Waals surface area contributed by atoms with Gasteiger partial charge < -0.3 is 4.74 Å². The highest BCUT2D eigenvalue weighted by Crippen LogP contribution is 2.48. The predicted octanol–water partition coefficient (Wildman–Crippen LogP) is 4.15. The first-order chi connectivity index (χ1) is 9.83. The number of esters is 1. The van der Waals surface area contributed by atoms with E-state index in [1.54, 1.807) is 23.1 Å². The maximum Gasteiger partial charge on any atom is 0.316 e. The van der Waals surface area contributed by atoms with Crippen molar-refractivity contribution < 1.29 is 9.53 Å². The number of fused-ring (bicyclic) bond motifs is 3. The zero-order valence-corrected chi connectivity index (χ0v) is 12.2. The number of hydrogen-bond acceptors (Lipinski definition) is 4. The Morgan fingerprint density at radius 3 is 2.90 bits per heavy atom. The van der Waals surface area contributed by atoms with E-state index in [-0.39, 0.29) is 17.8 Å². The Hall–Kier alpha value is -1.52. The van der Waals surface area contributed by atoms with Gasteiger partial charge in [-0.25, -0.2) is 0 Å². The molecule has 2 atom stereocenters. The minimum atomic E-state index is -0.0947. The van der Waals surface area contributed by atoms with Crippen LogP contribution in [0.3, 0.4) is 0 Å². The number of thiophene rings is 1. The predicted molar refractivity (Wildman–Crippen MR) is 83.1 cm³/mol. The summed E-state index contributed by atoms with van der Waals surface area (Å²) < 4.78 is 5.45. The Morgan fingerprint density at radius 2 is 2.05 bits per heavy atom. The molecule has 4 rings (SSSR count). The average Bonchev–Trinajstić information content (AvgIpc) is 3.01. The maximum atomic E-state index is 12.1. The SMILES string of the molecule is O=C1Oc2ccccc2[C@@H]2C=C(c3cccs3)SC[C@H]12. The van der Waals surface area contributed by atoms with Crippen LogP contribution >= 0.6 is 23.1 Å². The van der Waals surface area contributed by atoms with Gasteiger partial charge in [-0.05, 0) is 17.5 Å². The smallest absolute Gasteiger partial charge is 0.316 e. The molecule has 0 amide bonds. The maximum absolute atomic E-state index is 12.1. The Balaban J connectivity index is 1.81. The molecule has 1 aromatic heterocycles. The van der Waals surface area contributed by atoms with Crippen LogP contribution in [0, 0.1) is 5.92 Å². The first kappa shape index (κ1) is 12.2. The molecule has 0 radical (unpaired) electrons. The van der Waals surface area contributed by atoms with Crippen molar-refractivity contribution in [3.05, 3.63) is 58.3 Å². The van der Waals surface area contributed by atoms with E-state index in [1.807, 2.05) is 18.2 Å². The monoisotopic (exact) mass is 300 g/mol. The van der Waals surface area contributed by atoms with Gasteiger partial charge in [-0.2, -0.15) is 0 Å². The second-order valence-electron chi connectivity index (χ2n) is 4.91. The van der Waals surface area contributed by atoms with E-state index in [1.165, 1.54) is 9.78 Å². The van der Waals surface area contributed by atoms with Gasteiger partial charge in [0.25, 0.3) is 0 Å². The first-order valence-corrected chi connectivity index (χ1v) is 8.38. The third kappa shape index (κ3) is 1.91. The fourth-order valence-corrected chi connectivity index (χ4v) is 4.86. The average molecular weight is 300 g/mol. The third-order valence-corrected chi connectivity index (χ3v) is 5.96. The molecule has 2 aliphatic rings. The molecular formula is C16H12O2S2.